The van der Waals surface area contributed by atoms with Gasteiger partial charge in [0, 0.05) is 24.6 Å². The van der Waals surface area contributed by atoms with E-state index in [-0.39, 0.29) is 24.6 Å². The van der Waals surface area contributed by atoms with Crippen molar-refractivity contribution in [2.24, 2.45) is 0 Å². The topological polar surface area (TPSA) is 88.1 Å². The Labute approximate surface area is 157 Å². The maximum absolute atomic E-state index is 12.2. The smallest absolute Gasteiger partial charge is 0.277 e. The fourth-order valence-corrected chi connectivity index (χ4v) is 4.08. The third-order valence-corrected chi connectivity index (χ3v) is 5.56. The summed E-state index contributed by atoms with van der Waals surface area (Å²) >= 11 is 0. The van der Waals surface area contributed by atoms with E-state index in [1.807, 2.05) is 12.1 Å². The first-order valence-corrected chi connectivity index (χ1v) is 9.43. The van der Waals surface area contributed by atoms with Gasteiger partial charge in [0.25, 0.3) is 11.8 Å². The van der Waals surface area contributed by atoms with Crippen LogP contribution in [0.3, 0.4) is 0 Å². The summed E-state index contributed by atoms with van der Waals surface area (Å²) in [6.45, 7) is 1.15. The van der Waals surface area contributed by atoms with E-state index in [9.17, 15) is 9.59 Å². The molecule has 2 amide bonds. The Kier molecular flexibility index (Phi) is 4.99. The van der Waals surface area contributed by atoms with Crippen LogP contribution in [0, 0.1) is 0 Å². The first-order chi connectivity index (χ1) is 13.1. The van der Waals surface area contributed by atoms with Crippen LogP contribution < -0.4 is 5.32 Å². The summed E-state index contributed by atoms with van der Waals surface area (Å²) in [5.41, 5.74) is 2.25. The zero-order chi connectivity index (χ0) is 18.9. The van der Waals surface area contributed by atoms with Gasteiger partial charge in [0.1, 0.15) is 5.70 Å². The molecule has 0 aromatic heterocycles. The van der Waals surface area contributed by atoms with Crippen molar-refractivity contribution in [1.82, 2.24) is 4.90 Å². The van der Waals surface area contributed by atoms with Gasteiger partial charge in [0.05, 0.1) is 26.4 Å². The molecule has 2 fully saturated rings. The van der Waals surface area contributed by atoms with Crippen LogP contribution in [-0.2, 0) is 19.1 Å². The van der Waals surface area contributed by atoms with Crippen molar-refractivity contribution in [2.45, 2.75) is 37.4 Å². The van der Waals surface area contributed by atoms with E-state index in [4.69, 9.17) is 14.6 Å². The Bertz CT molecular complexity index is 742. The molecule has 27 heavy (non-hydrogen) atoms. The summed E-state index contributed by atoms with van der Waals surface area (Å²) in [6, 6.07) is 7.98. The first kappa shape index (κ1) is 18.2. The zero-order valence-electron chi connectivity index (χ0n) is 15.1. The van der Waals surface area contributed by atoms with Gasteiger partial charge < -0.3 is 19.9 Å². The Morgan fingerprint density at radius 3 is 2.41 bits per heavy atom. The normalized spacial score (nSPS) is 22.6. The van der Waals surface area contributed by atoms with Crippen molar-refractivity contribution in [3.8, 4) is 0 Å². The van der Waals surface area contributed by atoms with Crippen LogP contribution in [0.25, 0.3) is 0 Å². The minimum atomic E-state index is -0.410. The standard InChI is InChI=1S/C20H24N2O5/c23-10-9-22-18(24)13-17(19(22)25)21-16-3-1-14(2-4-16)15-5-7-20(8-6-15)26-11-12-27-20/h1-4,13,15,21,23H,5-12H2. The predicted molar refractivity (Wildman–Crippen MR) is 97.8 cm³/mol. The van der Waals surface area contributed by atoms with Crippen molar-refractivity contribution >= 4 is 17.5 Å². The average molecular weight is 372 g/mol. The van der Waals surface area contributed by atoms with E-state index >= 15 is 0 Å². The molecule has 0 unspecified atom stereocenters. The number of amides is 2. The van der Waals surface area contributed by atoms with E-state index in [0.717, 1.165) is 36.3 Å². The molecule has 1 aromatic rings. The van der Waals surface area contributed by atoms with Crippen LogP contribution in [-0.4, -0.2) is 54.0 Å². The van der Waals surface area contributed by atoms with Gasteiger partial charge in [0.15, 0.2) is 5.79 Å². The number of nitrogens with one attached hydrogen (secondary N) is 1. The number of benzene rings is 1. The van der Waals surface area contributed by atoms with Crippen molar-refractivity contribution in [1.29, 1.82) is 0 Å². The fourth-order valence-electron chi connectivity index (χ4n) is 4.08. The molecule has 0 atom stereocenters. The van der Waals surface area contributed by atoms with Gasteiger partial charge in [-0.05, 0) is 36.5 Å². The summed E-state index contributed by atoms with van der Waals surface area (Å²) in [6.07, 6.45) is 5.17. The van der Waals surface area contributed by atoms with Crippen molar-refractivity contribution in [2.75, 3.05) is 31.7 Å². The van der Waals surface area contributed by atoms with E-state index in [1.165, 1.54) is 11.6 Å². The lowest BCUT2D eigenvalue weighted by Gasteiger charge is -2.35. The zero-order valence-corrected chi connectivity index (χ0v) is 15.1. The number of β-amino-alcohol motifs (C(OH)–C–C–N with tert-alkyl or cyclic N) is 1. The second-order valence-electron chi connectivity index (χ2n) is 7.21. The van der Waals surface area contributed by atoms with E-state index in [2.05, 4.69) is 17.4 Å². The SMILES string of the molecule is O=C1C=C(Nc2ccc(C3CCC4(CC3)OCCO4)cc2)C(=O)N1CCO. The molecule has 7 heteroatoms. The van der Waals surface area contributed by atoms with E-state index in [0.29, 0.717) is 19.1 Å². The number of imide groups is 1. The molecule has 2 N–H and O–H groups in total. The van der Waals surface area contributed by atoms with Gasteiger partial charge in [-0.15, -0.1) is 0 Å². The molecule has 1 aliphatic carbocycles. The first-order valence-electron chi connectivity index (χ1n) is 9.43. The fraction of sp³-hybridized carbons (Fsp3) is 0.500. The van der Waals surface area contributed by atoms with Crippen LogP contribution in [0.2, 0.25) is 0 Å². The van der Waals surface area contributed by atoms with Crippen molar-refractivity contribution in [3.05, 3.63) is 41.6 Å². The highest BCUT2D eigenvalue weighted by Gasteiger charge is 2.40. The molecule has 0 bridgehead atoms. The van der Waals surface area contributed by atoms with E-state index in [1.54, 1.807) is 0 Å². The number of anilines is 1. The Morgan fingerprint density at radius 2 is 1.78 bits per heavy atom. The van der Waals surface area contributed by atoms with E-state index < -0.39 is 11.8 Å². The maximum Gasteiger partial charge on any atom is 0.277 e. The number of aliphatic hydroxyl groups excluding tert-OH is 1. The lowest BCUT2D eigenvalue weighted by Crippen LogP contribution is -2.34. The molecular formula is C20H24N2O5. The van der Waals surface area contributed by atoms with Crippen LogP contribution in [0.4, 0.5) is 5.69 Å². The monoisotopic (exact) mass is 372 g/mol. The highest BCUT2D eigenvalue weighted by molar-refractivity contribution is 6.17. The van der Waals surface area contributed by atoms with Gasteiger partial charge in [-0.2, -0.15) is 0 Å². The summed E-state index contributed by atoms with van der Waals surface area (Å²) in [5, 5.41) is 12.0. The van der Waals surface area contributed by atoms with Crippen LogP contribution in [0.5, 0.6) is 0 Å². The van der Waals surface area contributed by atoms with Gasteiger partial charge in [-0.3, -0.25) is 14.5 Å². The molecule has 2 heterocycles. The van der Waals surface area contributed by atoms with Gasteiger partial charge >= 0.3 is 0 Å². The molecule has 0 radical (unpaired) electrons. The minimum Gasteiger partial charge on any atom is -0.395 e. The number of hydrogen-bond donors (Lipinski definition) is 2. The molecule has 2 aliphatic heterocycles. The second-order valence-corrected chi connectivity index (χ2v) is 7.21. The van der Waals surface area contributed by atoms with Gasteiger partial charge in [-0.25, -0.2) is 0 Å². The molecule has 4 rings (SSSR count). The number of rotatable bonds is 5. The summed E-state index contributed by atoms with van der Waals surface area (Å²) in [7, 11) is 0. The largest absolute Gasteiger partial charge is 0.395 e. The predicted octanol–water partition coefficient (Wildman–Crippen LogP) is 1.74. The molecule has 1 saturated carbocycles. The van der Waals surface area contributed by atoms with Crippen molar-refractivity contribution < 1.29 is 24.2 Å². The molecular weight excluding hydrogens is 348 g/mol. The number of carbonyl (C=O) groups is 2. The summed E-state index contributed by atoms with van der Waals surface area (Å²) in [5.74, 6) is -0.681. The molecule has 1 aromatic carbocycles. The molecule has 1 spiro atoms. The number of carbonyl (C=O) groups excluding carboxylic acids is 2. The minimum absolute atomic E-state index is 0.00881. The Balaban J connectivity index is 1.36. The Hall–Kier alpha value is -2.22. The molecule has 7 nitrogen and oxygen atoms in total. The summed E-state index contributed by atoms with van der Waals surface area (Å²) < 4.78 is 11.6. The molecule has 3 aliphatic rings. The molecule has 1 saturated heterocycles. The second kappa shape index (κ2) is 7.42. The Morgan fingerprint density at radius 1 is 1.11 bits per heavy atom. The van der Waals surface area contributed by atoms with Crippen LogP contribution >= 0.6 is 0 Å². The van der Waals surface area contributed by atoms with Crippen LogP contribution in [0.15, 0.2) is 36.0 Å². The quantitative estimate of drug-likeness (QED) is 0.766. The maximum atomic E-state index is 12.2. The summed E-state index contributed by atoms with van der Waals surface area (Å²) in [4.78, 5) is 25.0. The lowest BCUT2D eigenvalue weighted by molar-refractivity contribution is -0.178. The van der Waals surface area contributed by atoms with Crippen molar-refractivity contribution in [3.63, 3.8) is 0 Å². The van der Waals surface area contributed by atoms with Crippen LogP contribution in [0.1, 0.15) is 37.2 Å². The van der Waals surface area contributed by atoms with Gasteiger partial charge in [-0.1, -0.05) is 12.1 Å². The highest BCUT2D eigenvalue weighted by Crippen LogP contribution is 2.42. The molecule has 144 valence electrons. The average Bonchev–Trinajstić information content (AvgIpc) is 3.24. The number of aliphatic hydroxyl groups is 1. The third kappa shape index (κ3) is 3.63. The number of hydrogen-bond acceptors (Lipinski definition) is 6. The number of ether oxygens (including phenoxy) is 2. The van der Waals surface area contributed by atoms with Gasteiger partial charge in [0.2, 0.25) is 0 Å². The third-order valence-electron chi connectivity index (χ3n) is 5.56. The highest BCUT2D eigenvalue weighted by atomic mass is 16.7. The lowest BCUT2D eigenvalue weighted by atomic mass is 9.81. The number of nitrogens with zero attached hydrogens (tertiary/aromatic N) is 1.